The van der Waals surface area contributed by atoms with Crippen LogP contribution >= 0.6 is 0 Å². The van der Waals surface area contributed by atoms with Gasteiger partial charge < -0.3 is 4.98 Å². The lowest BCUT2D eigenvalue weighted by Crippen LogP contribution is -1.94. The molecule has 0 fully saturated rings. The molecule has 0 bridgehead atoms. The van der Waals surface area contributed by atoms with Gasteiger partial charge in [0, 0.05) is 12.6 Å². The van der Waals surface area contributed by atoms with E-state index in [1.807, 2.05) is 13.0 Å². The summed E-state index contributed by atoms with van der Waals surface area (Å²) in [6.07, 6.45) is 2.32. The molecule has 1 aromatic rings. The second-order valence-corrected chi connectivity index (χ2v) is 1.86. The molecular formula is C7H9NO. The fourth-order valence-corrected chi connectivity index (χ4v) is 0.694. The Hall–Kier alpha value is -1.05. The van der Waals surface area contributed by atoms with Crippen molar-refractivity contribution in [3.8, 4) is 0 Å². The Morgan fingerprint density at radius 2 is 2.56 bits per heavy atom. The number of nitrogens with one attached hydrogen (secondary N) is 1. The zero-order valence-electron chi connectivity index (χ0n) is 5.35. The molecule has 9 heavy (non-hydrogen) atoms. The summed E-state index contributed by atoms with van der Waals surface area (Å²) < 4.78 is 0. The van der Waals surface area contributed by atoms with Crippen molar-refractivity contribution in [3.63, 3.8) is 0 Å². The number of ketones is 1. The maximum Gasteiger partial charge on any atom is 0.178 e. The van der Waals surface area contributed by atoms with Crippen LogP contribution in [0.5, 0.6) is 0 Å². The molecule has 0 aliphatic rings. The highest BCUT2D eigenvalue weighted by Gasteiger charge is 1.99. The van der Waals surface area contributed by atoms with E-state index in [1.54, 1.807) is 12.3 Å². The van der Waals surface area contributed by atoms with Crippen molar-refractivity contribution in [2.75, 3.05) is 0 Å². The molecule has 0 saturated carbocycles. The van der Waals surface area contributed by atoms with E-state index in [0.717, 1.165) is 0 Å². The average Bonchev–Trinajstić information content (AvgIpc) is 2.37. The molecule has 0 amide bonds. The van der Waals surface area contributed by atoms with Crippen LogP contribution in [-0.4, -0.2) is 10.8 Å². The summed E-state index contributed by atoms with van der Waals surface area (Å²) in [6.45, 7) is 1.85. The van der Waals surface area contributed by atoms with E-state index in [2.05, 4.69) is 4.98 Å². The van der Waals surface area contributed by atoms with Gasteiger partial charge in [0.05, 0.1) is 5.69 Å². The van der Waals surface area contributed by atoms with E-state index in [0.29, 0.717) is 12.1 Å². The largest absolute Gasteiger partial charge is 0.359 e. The summed E-state index contributed by atoms with van der Waals surface area (Å²) in [5.41, 5.74) is 0.706. The van der Waals surface area contributed by atoms with Gasteiger partial charge in [-0.3, -0.25) is 4.79 Å². The molecule has 2 heteroatoms. The third-order valence-corrected chi connectivity index (χ3v) is 1.22. The first-order valence-electron chi connectivity index (χ1n) is 3.01. The van der Waals surface area contributed by atoms with Gasteiger partial charge in [-0.2, -0.15) is 0 Å². The molecule has 1 N–H and O–H groups in total. The van der Waals surface area contributed by atoms with Gasteiger partial charge in [0.15, 0.2) is 5.78 Å². The fraction of sp³-hybridized carbons (Fsp3) is 0.286. The maximum absolute atomic E-state index is 10.8. The van der Waals surface area contributed by atoms with Crippen molar-refractivity contribution in [2.45, 2.75) is 13.3 Å². The SMILES string of the molecule is CCC(=O)c1ccc[nH]1. The standard InChI is InChI=1S/C7H9NO/c1-2-7(9)6-4-3-5-8-6/h3-5,8H,2H2,1H3. The van der Waals surface area contributed by atoms with Gasteiger partial charge in [-0.1, -0.05) is 6.92 Å². The molecule has 0 atom stereocenters. The fourth-order valence-electron chi connectivity index (χ4n) is 0.694. The molecule has 1 rings (SSSR count). The zero-order chi connectivity index (χ0) is 6.69. The highest BCUT2D eigenvalue weighted by Crippen LogP contribution is 1.97. The van der Waals surface area contributed by atoms with E-state index >= 15 is 0 Å². The third kappa shape index (κ3) is 1.19. The van der Waals surface area contributed by atoms with Gasteiger partial charge in [0.2, 0.25) is 0 Å². The molecule has 0 aliphatic carbocycles. The molecule has 0 unspecified atom stereocenters. The molecule has 0 spiro atoms. The van der Waals surface area contributed by atoms with Crippen LogP contribution < -0.4 is 0 Å². The van der Waals surface area contributed by atoms with Crippen molar-refractivity contribution in [3.05, 3.63) is 24.0 Å². The number of rotatable bonds is 2. The number of H-pyrrole nitrogens is 1. The molecule has 0 radical (unpaired) electrons. The first-order valence-corrected chi connectivity index (χ1v) is 3.01. The summed E-state index contributed by atoms with van der Waals surface area (Å²) in [4.78, 5) is 13.7. The van der Waals surface area contributed by atoms with E-state index in [-0.39, 0.29) is 5.78 Å². The lowest BCUT2D eigenvalue weighted by molar-refractivity contribution is 0.0984. The van der Waals surface area contributed by atoms with Gasteiger partial charge >= 0.3 is 0 Å². The number of Topliss-reactive ketones (excluding diaryl/α,β-unsaturated/α-hetero) is 1. The average molecular weight is 123 g/mol. The van der Waals surface area contributed by atoms with E-state index in [1.165, 1.54) is 0 Å². The minimum absolute atomic E-state index is 0.167. The highest BCUT2D eigenvalue weighted by molar-refractivity contribution is 5.93. The Kier molecular flexibility index (Phi) is 1.68. The van der Waals surface area contributed by atoms with Crippen molar-refractivity contribution in [1.82, 2.24) is 4.98 Å². The Morgan fingerprint density at radius 3 is 3.00 bits per heavy atom. The molecular weight excluding hydrogens is 114 g/mol. The van der Waals surface area contributed by atoms with Crippen LogP contribution in [0.2, 0.25) is 0 Å². The number of hydrogen-bond donors (Lipinski definition) is 1. The van der Waals surface area contributed by atoms with E-state index in [9.17, 15) is 4.79 Å². The Labute approximate surface area is 53.9 Å². The summed E-state index contributed by atoms with van der Waals surface area (Å²) in [7, 11) is 0. The molecule has 0 saturated heterocycles. The Balaban J connectivity index is 2.77. The first kappa shape index (κ1) is 6.08. The molecule has 1 heterocycles. The van der Waals surface area contributed by atoms with Gasteiger partial charge in [0.1, 0.15) is 0 Å². The van der Waals surface area contributed by atoms with Crippen LogP contribution in [0.15, 0.2) is 18.3 Å². The molecule has 2 nitrogen and oxygen atoms in total. The smallest absolute Gasteiger partial charge is 0.178 e. The normalized spacial score (nSPS) is 9.44. The molecule has 1 aromatic heterocycles. The zero-order valence-corrected chi connectivity index (χ0v) is 5.35. The number of carbonyl (C=O) groups is 1. The van der Waals surface area contributed by atoms with E-state index < -0.39 is 0 Å². The second kappa shape index (κ2) is 2.49. The van der Waals surface area contributed by atoms with Crippen LogP contribution in [-0.2, 0) is 0 Å². The van der Waals surface area contributed by atoms with Gasteiger partial charge in [0.25, 0.3) is 0 Å². The van der Waals surface area contributed by atoms with Crippen LogP contribution in [0.25, 0.3) is 0 Å². The number of carbonyl (C=O) groups excluding carboxylic acids is 1. The number of aromatic nitrogens is 1. The predicted molar refractivity (Wildman–Crippen MR) is 35.4 cm³/mol. The molecule has 48 valence electrons. The van der Waals surface area contributed by atoms with Crippen molar-refractivity contribution in [2.24, 2.45) is 0 Å². The minimum atomic E-state index is 0.167. The van der Waals surface area contributed by atoms with E-state index in [4.69, 9.17) is 0 Å². The van der Waals surface area contributed by atoms with Gasteiger partial charge in [-0.25, -0.2) is 0 Å². The maximum atomic E-state index is 10.8. The quantitative estimate of drug-likeness (QED) is 0.595. The topological polar surface area (TPSA) is 32.9 Å². The first-order chi connectivity index (χ1) is 4.34. The monoisotopic (exact) mass is 123 g/mol. The van der Waals surface area contributed by atoms with Crippen LogP contribution in [0.4, 0.5) is 0 Å². The summed E-state index contributed by atoms with van der Waals surface area (Å²) >= 11 is 0. The Bertz CT molecular complexity index is 189. The van der Waals surface area contributed by atoms with Crippen LogP contribution in [0.3, 0.4) is 0 Å². The molecule has 0 aromatic carbocycles. The number of hydrogen-bond acceptors (Lipinski definition) is 1. The predicted octanol–water partition coefficient (Wildman–Crippen LogP) is 1.61. The third-order valence-electron chi connectivity index (χ3n) is 1.22. The summed E-state index contributed by atoms with van der Waals surface area (Å²) in [5.74, 6) is 0.167. The lowest BCUT2D eigenvalue weighted by atomic mass is 10.2. The summed E-state index contributed by atoms with van der Waals surface area (Å²) in [6, 6.07) is 3.61. The van der Waals surface area contributed by atoms with Crippen molar-refractivity contribution in [1.29, 1.82) is 0 Å². The Morgan fingerprint density at radius 1 is 1.78 bits per heavy atom. The van der Waals surface area contributed by atoms with Crippen LogP contribution in [0.1, 0.15) is 23.8 Å². The lowest BCUT2D eigenvalue weighted by Gasteiger charge is -1.88. The van der Waals surface area contributed by atoms with Gasteiger partial charge in [-0.05, 0) is 12.1 Å². The van der Waals surface area contributed by atoms with Gasteiger partial charge in [-0.15, -0.1) is 0 Å². The summed E-state index contributed by atoms with van der Waals surface area (Å²) in [5, 5.41) is 0. The van der Waals surface area contributed by atoms with Crippen LogP contribution in [0, 0.1) is 0 Å². The van der Waals surface area contributed by atoms with Crippen molar-refractivity contribution < 1.29 is 4.79 Å². The minimum Gasteiger partial charge on any atom is -0.359 e. The second-order valence-electron chi connectivity index (χ2n) is 1.86. The molecule has 0 aliphatic heterocycles. The van der Waals surface area contributed by atoms with Crippen molar-refractivity contribution >= 4 is 5.78 Å². The number of aromatic amines is 1. The highest BCUT2D eigenvalue weighted by atomic mass is 16.1.